The zero-order valence-corrected chi connectivity index (χ0v) is 11.1. The van der Waals surface area contributed by atoms with Crippen LogP contribution in [0.5, 0.6) is 0 Å². The van der Waals surface area contributed by atoms with E-state index in [0.717, 1.165) is 61.3 Å². The van der Waals surface area contributed by atoms with Crippen molar-refractivity contribution in [3.63, 3.8) is 0 Å². The highest BCUT2D eigenvalue weighted by Crippen LogP contribution is 2.37. The lowest BCUT2D eigenvalue weighted by Gasteiger charge is -2.44. The fourth-order valence-electron chi connectivity index (χ4n) is 2.64. The Kier molecular flexibility index (Phi) is 3.60. The van der Waals surface area contributed by atoms with Gasteiger partial charge in [0, 0.05) is 18.4 Å². The number of ether oxygens (including phenoxy) is 2. The maximum atomic E-state index is 5.38. The van der Waals surface area contributed by atoms with Gasteiger partial charge in [-0.25, -0.2) is 0 Å². The molecular formula is C10H20O3Si. The Bertz CT molecular complexity index is 166. The zero-order chi connectivity index (χ0) is 9.97. The van der Waals surface area contributed by atoms with Crippen molar-refractivity contribution in [2.24, 2.45) is 23.7 Å². The molecule has 2 heterocycles. The standard InChI is InChI=1S/C10H20O3Si/c1-7(2-13-14)10(8-3-11-4-8)9-5-12-6-9/h7-10H,2-6H2,1,14H3. The summed E-state index contributed by atoms with van der Waals surface area (Å²) < 4.78 is 16.0. The van der Waals surface area contributed by atoms with E-state index >= 15 is 0 Å². The van der Waals surface area contributed by atoms with Crippen LogP contribution < -0.4 is 0 Å². The lowest BCUT2D eigenvalue weighted by atomic mass is 9.72. The van der Waals surface area contributed by atoms with Gasteiger partial charge in [0.1, 0.15) is 10.5 Å². The lowest BCUT2D eigenvalue weighted by molar-refractivity contribution is -0.144. The average molecular weight is 216 g/mol. The number of hydrogen-bond donors (Lipinski definition) is 0. The first kappa shape index (κ1) is 10.6. The molecule has 3 nitrogen and oxygen atoms in total. The van der Waals surface area contributed by atoms with Crippen molar-refractivity contribution >= 4 is 10.5 Å². The van der Waals surface area contributed by atoms with Crippen molar-refractivity contribution in [3.8, 4) is 0 Å². The second kappa shape index (κ2) is 4.75. The first-order chi connectivity index (χ1) is 6.83. The van der Waals surface area contributed by atoms with Crippen molar-refractivity contribution in [3.05, 3.63) is 0 Å². The molecule has 0 saturated carbocycles. The average Bonchev–Trinajstić information content (AvgIpc) is 1.97. The summed E-state index contributed by atoms with van der Waals surface area (Å²) >= 11 is 0. The molecule has 82 valence electrons. The van der Waals surface area contributed by atoms with E-state index in [1.807, 2.05) is 0 Å². The summed E-state index contributed by atoms with van der Waals surface area (Å²) in [5.41, 5.74) is 0. The molecule has 0 aromatic carbocycles. The van der Waals surface area contributed by atoms with Gasteiger partial charge in [-0.05, 0) is 11.8 Å². The molecule has 2 fully saturated rings. The summed E-state index contributed by atoms with van der Waals surface area (Å²) in [5.74, 6) is 2.94. The molecule has 1 unspecified atom stereocenters. The zero-order valence-electron chi connectivity index (χ0n) is 9.07. The topological polar surface area (TPSA) is 27.7 Å². The normalized spacial score (nSPS) is 26.1. The van der Waals surface area contributed by atoms with Crippen LogP contribution >= 0.6 is 0 Å². The van der Waals surface area contributed by atoms with E-state index in [0.29, 0.717) is 5.92 Å². The van der Waals surface area contributed by atoms with Crippen molar-refractivity contribution < 1.29 is 13.9 Å². The Balaban J connectivity index is 1.89. The maximum Gasteiger partial charge on any atom is 0.145 e. The van der Waals surface area contributed by atoms with Crippen LogP contribution in [-0.4, -0.2) is 43.5 Å². The van der Waals surface area contributed by atoms with Gasteiger partial charge in [0.2, 0.25) is 0 Å². The summed E-state index contributed by atoms with van der Waals surface area (Å²) in [5, 5.41) is 0. The molecule has 2 aliphatic heterocycles. The van der Waals surface area contributed by atoms with Crippen LogP contribution in [0.1, 0.15) is 6.92 Å². The highest BCUT2D eigenvalue weighted by Gasteiger charge is 2.40. The number of rotatable bonds is 5. The Hall–Kier alpha value is 0.0969. The largest absolute Gasteiger partial charge is 0.428 e. The third kappa shape index (κ3) is 2.03. The predicted octanol–water partition coefficient (Wildman–Crippen LogP) is -0.172. The van der Waals surface area contributed by atoms with Crippen LogP contribution in [0.4, 0.5) is 0 Å². The third-order valence-corrected chi connectivity index (χ3v) is 3.84. The lowest BCUT2D eigenvalue weighted by Crippen LogP contribution is -2.48. The summed E-state index contributed by atoms with van der Waals surface area (Å²) in [6, 6.07) is 0. The van der Waals surface area contributed by atoms with E-state index in [1.165, 1.54) is 0 Å². The molecule has 2 saturated heterocycles. The Labute approximate surface area is 88.6 Å². The van der Waals surface area contributed by atoms with Crippen LogP contribution in [0.25, 0.3) is 0 Å². The van der Waals surface area contributed by atoms with E-state index in [9.17, 15) is 0 Å². The molecule has 14 heavy (non-hydrogen) atoms. The second-order valence-electron chi connectivity index (χ2n) is 4.61. The van der Waals surface area contributed by atoms with E-state index in [4.69, 9.17) is 13.9 Å². The molecule has 2 rings (SSSR count). The Morgan fingerprint density at radius 2 is 1.71 bits per heavy atom. The van der Waals surface area contributed by atoms with Crippen molar-refractivity contribution in [2.45, 2.75) is 6.92 Å². The minimum atomic E-state index is 0.662. The molecule has 0 spiro atoms. The Morgan fingerprint density at radius 3 is 2.00 bits per heavy atom. The highest BCUT2D eigenvalue weighted by molar-refractivity contribution is 5.97. The monoisotopic (exact) mass is 216 g/mol. The Morgan fingerprint density at radius 1 is 1.21 bits per heavy atom. The van der Waals surface area contributed by atoms with Crippen LogP contribution in [0.15, 0.2) is 0 Å². The van der Waals surface area contributed by atoms with E-state index < -0.39 is 0 Å². The van der Waals surface area contributed by atoms with Crippen LogP contribution in [0.3, 0.4) is 0 Å². The first-order valence-electron chi connectivity index (χ1n) is 5.47. The summed E-state index contributed by atoms with van der Waals surface area (Å²) in [6.45, 7) is 7.03. The quantitative estimate of drug-likeness (QED) is 0.597. The fraction of sp³-hybridized carbons (Fsp3) is 1.00. The van der Waals surface area contributed by atoms with Gasteiger partial charge in [-0.1, -0.05) is 6.92 Å². The SMILES string of the molecule is CC(CO[SiH3])C(C1COC1)C1COC1. The van der Waals surface area contributed by atoms with Gasteiger partial charge in [-0.15, -0.1) is 0 Å². The van der Waals surface area contributed by atoms with Crippen molar-refractivity contribution in [1.82, 2.24) is 0 Å². The van der Waals surface area contributed by atoms with Gasteiger partial charge in [0.05, 0.1) is 26.4 Å². The molecule has 0 aromatic rings. The van der Waals surface area contributed by atoms with Crippen molar-refractivity contribution in [2.75, 3.05) is 33.0 Å². The molecule has 0 amide bonds. The van der Waals surface area contributed by atoms with Crippen LogP contribution in [0, 0.1) is 23.7 Å². The summed E-state index contributed by atoms with van der Waals surface area (Å²) in [6.07, 6.45) is 0. The molecule has 1 atom stereocenters. The molecule has 2 aliphatic rings. The summed E-state index contributed by atoms with van der Waals surface area (Å²) in [4.78, 5) is 0. The predicted molar refractivity (Wildman–Crippen MR) is 57.2 cm³/mol. The minimum absolute atomic E-state index is 0.662. The molecule has 0 aliphatic carbocycles. The van der Waals surface area contributed by atoms with Gasteiger partial charge < -0.3 is 13.9 Å². The van der Waals surface area contributed by atoms with Gasteiger partial charge in [0.25, 0.3) is 0 Å². The van der Waals surface area contributed by atoms with Gasteiger partial charge in [-0.3, -0.25) is 0 Å². The molecular weight excluding hydrogens is 196 g/mol. The smallest absolute Gasteiger partial charge is 0.145 e. The molecule has 0 radical (unpaired) electrons. The van der Waals surface area contributed by atoms with Gasteiger partial charge in [-0.2, -0.15) is 0 Å². The number of hydrogen-bond acceptors (Lipinski definition) is 3. The van der Waals surface area contributed by atoms with E-state index in [1.54, 1.807) is 0 Å². The molecule has 0 N–H and O–H groups in total. The first-order valence-corrected chi connectivity index (χ1v) is 6.29. The van der Waals surface area contributed by atoms with Gasteiger partial charge in [0.15, 0.2) is 0 Å². The molecule has 0 aromatic heterocycles. The minimum Gasteiger partial charge on any atom is -0.428 e. The fourth-order valence-corrected chi connectivity index (χ4v) is 3.17. The van der Waals surface area contributed by atoms with Crippen LogP contribution in [-0.2, 0) is 13.9 Å². The van der Waals surface area contributed by atoms with Crippen molar-refractivity contribution in [1.29, 1.82) is 0 Å². The summed E-state index contributed by atoms with van der Waals surface area (Å²) in [7, 11) is 0.851. The van der Waals surface area contributed by atoms with E-state index in [2.05, 4.69) is 6.92 Å². The van der Waals surface area contributed by atoms with E-state index in [-0.39, 0.29) is 0 Å². The highest BCUT2D eigenvalue weighted by atomic mass is 28.2. The molecule has 0 bridgehead atoms. The van der Waals surface area contributed by atoms with Crippen LogP contribution in [0.2, 0.25) is 0 Å². The second-order valence-corrected chi connectivity index (χ2v) is 5.18. The maximum absolute atomic E-state index is 5.38. The molecule has 4 heteroatoms. The van der Waals surface area contributed by atoms with Gasteiger partial charge >= 0.3 is 0 Å². The third-order valence-electron chi connectivity index (χ3n) is 3.50.